The molecule has 0 spiro atoms. The van der Waals surface area contributed by atoms with Crippen molar-refractivity contribution in [1.29, 1.82) is 0 Å². The summed E-state index contributed by atoms with van der Waals surface area (Å²) in [6.45, 7) is 0.0128. The van der Waals surface area contributed by atoms with Crippen LogP contribution in [0, 0.1) is 0 Å². The standard InChI is InChI=1S/C16H16ClNO5S/c1-22-15-8-3-11(9-14(15)16(19)23-2)10-18-24(20,21)13-6-4-12(17)5-7-13/h3-9,18H,10H2,1-2H3. The molecule has 2 aromatic rings. The summed E-state index contributed by atoms with van der Waals surface area (Å²) in [5.74, 6) is -0.208. The first-order chi connectivity index (χ1) is 11.4. The fourth-order valence-corrected chi connectivity index (χ4v) is 3.15. The number of carbonyl (C=O) groups is 1. The Labute approximate surface area is 145 Å². The highest BCUT2D eigenvalue weighted by molar-refractivity contribution is 7.89. The number of sulfonamides is 1. The van der Waals surface area contributed by atoms with Crippen molar-refractivity contribution < 1.29 is 22.7 Å². The molecular weight excluding hydrogens is 354 g/mol. The van der Waals surface area contributed by atoms with Gasteiger partial charge in [-0.15, -0.1) is 0 Å². The average molecular weight is 370 g/mol. The maximum absolute atomic E-state index is 12.2. The number of nitrogens with one attached hydrogen (secondary N) is 1. The van der Waals surface area contributed by atoms with Gasteiger partial charge in [0.05, 0.1) is 19.1 Å². The first kappa shape index (κ1) is 18.3. The van der Waals surface area contributed by atoms with Crippen molar-refractivity contribution in [3.8, 4) is 5.75 Å². The molecule has 0 aliphatic rings. The maximum Gasteiger partial charge on any atom is 0.341 e. The molecule has 0 saturated heterocycles. The SMILES string of the molecule is COC(=O)c1cc(CNS(=O)(=O)c2ccc(Cl)cc2)ccc1OC. The number of carbonyl (C=O) groups excluding carboxylic acids is 1. The fraction of sp³-hybridized carbons (Fsp3) is 0.188. The molecule has 128 valence electrons. The molecule has 2 aromatic carbocycles. The lowest BCUT2D eigenvalue weighted by Gasteiger charge is -2.10. The van der Waals surface area contributed by atoms with Crippen LogP contribution in [0.5, 0.6) is 5.75 Å². The van der Waals surface area contributed by atoms with Crippen molar-refractivity contribution in [3.63, 3.8) is 0 Å². The van der Waals surface area contributed by atoms with Gasteiger partial charge in [0.2, 0.25) is 10.0 Å². The number of hydrogen-bond acceptors (Lipinski definition) is 5. The molecule has 0 saturated carbocycles. The zero-order chi connectivity index (χ0) is 17.7. The number of ether oxygens (including phenoxy) is 2. The minimum atomic E-state index is -3.69. The topological polar surface area (TPSA) is 81.7 Å². The Balaban J connectivity index is 2.19. The van der Waals surface area contributed by atoms with Crippen molar-refractivity contribution in [2.75, 3.05) is 14.2 Å². The number of halogens is 1. The highest BCUT2D eigenvalue weighted by Gasteiger charge is 2.16. The normalized spacial score (nSPS) is 11.1. The van der Waals surface area contributed by atoms with E-state index in [-0.39, 0.29) is 17.0 Å². The molecule has 0 atom stereocenters. The molecule has 0 bridgehead atoms. The molecule has 0 heterocycles. The van der Waals surface area contributed by atoms with Gasteiger partial charge in [0.1, 0.15) is 11.3 Å². The second-order valence-electron chi connectivity index (χ2n) is 4.80. The lowest BCUT2D eigenvalue weighted by Crippen LogP contribution is -2.23. The van der Waals surface area contributed by atoms with Gasteiger partial charge in [0.15, 0.2) is 0 Å². The Hall–Kier alpha value is -2.09. The molecule has 0 amide bonds. The lowest BCUT2D eigenvalue weighted by atomic mass is 10.1. The Morgan fingerprint density at radius 2 is 1.79 bits per heavy atom. The molecule has 0 aromatic heterocycles. The van der Waals surface area contributed by atoms with Crippen LogP contribution in [0.2, 0.25) is 5.02 Å². The Morgan fingerprint density at radius 3 is 2.38 bits per heavy atom. The molecule has 8 heteroatoms. The quantitative estimate of drug-likeness (QED) is 0.791. The minimum absolute atomic E-state index is 0.0128. The fourth-order valence-electron chi connectivity index (χ4n) is 2.01. The Kier molecular flexibility index (Phi) is 5.82. The zero-order valence-corrected chi connectivity index (χ0v) is 14.6. The van der Waals surface area contributed by atoms with Crippen LogP contribution < -0.4 is 9.46 Å². The van der Waals surface area contributed by atoms with Gasteiger partial charge in [-0.3, -0.25) is 0 Å². The lowest BCUT2D eigenvalue weighted by molar-refractivity contribution is 0.0597. The Morgan fingerprint density at radius 1 is 1.12 bits per heavy atom. The van der Waals surface area contributed by atoms with E-state index in [2.05, 4.69) is 9.46 Å². The van der Waals surface area contributed by atoms with Crippen molar-refractivity contribution in [2.45, 2.75) is 11.4 Å². The summed E-state index contributed by atoms with van der Waals surface area (Å²) in [6, 6.07) is 10.6. The van der Waals surface area contributed by atoms with Crippen LogP contribution in [0.25, 0.3) is 0 Å². The van der Waals surface area contributed by atoms with E-state index >= 15 is 0 Å². The first-order valence-corrected chi connectivity index (χ1v) is 8.74. The monoisotopic (exact) mass is 369 g/mol. The van der Waals surface area contributed by atoms with Crippen LogP contribution in [0.15, 0.2) is 47.4 Å². The minimum Gasteiger partial charge on any atom is -0.496 e. The molecule has 0 radical (unpaired) electrons. The molecule has 0 aliphatic carbocycles. The molecule has 24 heavy (non-hydrogen) atoms. The summed E-state index contributed by atoms with van der Waals surface area (Å²) in [6.07, 6.45) is 0. The average Bonchev–Trinajstić information content (AvgIpc) is 2.59. The van der Waals surface area contributed by atoms with E-state index in [4.69, 9.17) is 16.3 Å². The second-order valence-corrected chi connectivity index (χ2v) is 7.01. The molecule has 1 N–H and O–H groups in total. The molecular formula is C16H16ClNO5S. The largest absolute Gasteiger partial charge is 0.496 e. The summed E-state index contributed by atoms with van der Waals surface area (Å²) < 4.78 is 36.7. The van der Waals surface area contributed by atoms with Gasteiger partial charge in [-0.2, -0.15) is 0 Å². The van der Waals surface area contributed by atoms with Gasteiger partial charge in [0.25, 0.3) is 0 Å². The first-order valence-electron chi connectivity index (χ1n) is 6.88. The van der Waals surface area contributed by atoms with E-state index in [0.29, 0.717) is 16.3 Å². The van der Waals surface area contributed by atoms with E-state index in [1.54, 1.807) is 12.1 Å². The van der Waals surface area contributed by atoms with Crippen LogP contribution in [-0.4, -0.2) is 28.6 Å². The number of rotatable bonds is 6. The van der Waals surface area contributed by atoms with Gasteiger partial charge in [0, 0.05) is 11.6 Å². The van der Waals surface area contributed by atoms with E-state index in [1.807, 2.05) is 0 Å². The van der Waals surface area contributed by atoms with Crippen LogP contribution >= 0.6 is 11.6 Å². The number of hydrogen-bond donors (Lipinski definition) is 1. The van der Waals surface area contributed by atoms with Crippen molar-refractivity contribution in [1.82, 2.24) is 4.72 Å². The predicted molar refractivity (Wildman–Crippen MR) is 89.8 cm³/mol. The molecule has 6 nitrogen and oxygen atoms in total. The maximum atomic E-state index is 12.2. The molecule has 0 unspecified atom stereocenters. The van der Waals surface area contributed by atoms with Gasteiger partial charge >= 0.3 is 5.97 Å². The Bertz CT molecular complexity index is 834. The van der Waals surface area contributed by atoms with Crippen molar-refractivity contribution >= 4 is 27.6 Å². The summed E-state index contributed by atoms with van der Waals surface area (Å²) in [5.41, 5.74) is 0.817. The van der Waals surface area contributed by atoms with Crippen LogP contribution in [0.4, 0.5) is 0 Å². The van der Waals surface area contributed by atoms with E-state index in [1.165, 1.54) is 44.6 Å². The van der Waals surface area contributed by atoms with Gasteiger partial charge < -0.3 is 9.47 Å². The predicted octanol–water partition coefficient (Wildman–Crippen LogP) is 2.61. The summed E-state index contributed by atoms with van der Waals surface area (Å²) in [4.78, 5) is 11.9. The molecule has 0 fully saturated rings. The van der Waals surface area contributed by atoms with Gasteiger partial charge in [-0.25, -0.2) is 17.9 Å². The summed E-state index contributed by atoms with van der Waals surface area (Å²) in [5, 5.41) is 0.451. The summed E-state index contributed by atoms with van der Waals surface area (Å²) >= 11 is 5.75. The smallest absolute Gasteiger partial charge is 0.341 e. The highest BCUT2D eigenvalue weighted by Crippen LogP contribution is 2.21. The highest BCUT2D eigenvalue weighted by atomic mass is 35.5. The third-order valence-corrected chi connectivity index (χ3v) is 4.93. The van der Waals surface area contributed by atoms with Crippen LogP contribution in [0.1, 0.15) is 15.9 Å². The number of esters is 1. The van der Waals surface area contributed by atoms with Gasteiger partial charge in [-0.05, 0) is 42.0 Å². The second kappa shape index (κ2) is 7.65. The van der Waals surface area contributed by atoms with Crippen molar-refractivity contribution in [2.24, 2.45) is 0 Å². The van der Waals surface area contributed by atoms with E-state index in [0.717, 1.165) is 0 Å². The number of methoxy groups -OCH3 is 2. The van der Waals surface area contributed by atoms with E-state index in [9.17, 15) is 13.2 Å². The summed E-state index contributed by atoms with van der Waals surface area (Å²) in [7, 11) is -0.989. The van der Waals surface area contributed by atoms with E-state index < -0.39 is 16.0 Å². The zero-order valence-electron chi connectivity index (χ0n) is 13.1. The third-order valence-electron chi connectivity index (χ3n) is 3.26. The van der Waals surface area contributed by atoms with Crippen molar-refractivity contribution in [3.05, 3.63) is 58.6 Å². The molecule has 2 rings (SSSR count). The van der Waals surface area contributed by atoms with Gasteiger partial charge in [-0.1, -0.05) is 17.7 Å². The number of benzene rings is 2. The van der Waals surface area contributed by atoms with Crippen LogP contribution in [-0.2, 0) is 21.3 Å². The van der Waals surface area contributed by atoms with Crippen LogP contribution in [0.3, 0.4) is 0 Å². The third kappa shape index (κ3) is 4.25. The molecule has 0 aliphatic heterocycles.